The zero-order valence-corrected chi connectivity index (χ0v) is 10.5. The molecule has 20 heavy (non-hydrogen) atoms. The van der Waals surface area contributed by atoms with Gasteiger partial charge in [0.05, 0.1) is 24.6 Å². The number of amides is 1. The lowest BCUT2D eigenvalue weighted by Crippen LogP contribution is -2.12. The zero-order valence-electron chi connectivity index (χ0n) is 10.5. The maximum absolute atomic E-state index is 11.9. The first-order valence-electron chi connectivity index (χ1n) is 5.50. The maximum Gasteiger partial charge on any atom is 0.433 e. The summed E-state index contributed by atoms with van der Waals surface area (Å²) in [6.45, 7) is 0. The lowest BCUT2D eigenvalue weighted by molar-refractivity contribution is -0.402. The average Bonchev–Trinajstić information content (AvgIpc) is 2.91. The smallest absolute Gasteiger partial charge is 0.433 e. The van der Waals surface area contributed by atoms with Crippen LogP contribution in [0.4, 0.5) is 17.3 Å². The van der Waals surface area contributed by atoms with E-state index in [1.54, 1.807) is 12.1 Å². The van der Waals surface area contributed by atoms with Crippen molar-refractivity contribution in [3.63, 3.8) is 0 Å². The molecule has 0 fully saturated rings. The number of nitrogens with one attached hydrogen (secondary N) is 1. The minimum absolute atomic E-state index is 0.182. The van der Waals surface area contributed by atoms with Crippen LogP contribution in [0.2, 0.25) is 0 Å². The van der Waals surface area contributed by atoms with Gasteiger partial charge in [-0.1, -0.05) is 0 Å². The number of nitrogen functional groups attached to an aromatic ring is 1. The van der Waals surface area contributed by atoms with Crippen LogP contribution in [0.15, 0.2) is 34.7 Å². The van der Waals surface area contributed by atoms with E-state index in [2.05, 4.69) is 5.32 Å². The molecule has 1 aromatic heterocycles. The number of nitro groups is 1. The summed E-state index contributed by atoms with van der Waals surface area (Å²) in [5, 5.41) is 13.0. The molecule has 3 N–H and O–H groups in total. The SMILES string of the molecule is COc1ccc(N)c(NC(=O)c2ccc([N+](=O)[O-])o2)c1. The van der Waals surface area contributed by atoms with Crippen molar-refractivity contribution in [2.24, 2.45) is 0 Å². The second-order valence-corrected chi connectivity index (χ2v) is 3.80. The number of rotatable bonds is 4. The molecule has 2 rings (SSSR count). The molecule has 0 aliphatic carbocycles. The maximum atomic E-state index is 11.9. The second kappa shape index (κ2) is 5.31. The van der Waals surface area contributed by atoms with Crippen molar-refractivity contribution < 1.29 is 18.9 Å². The van der Waals surface area contributed by atoms with Gasteiger partial charge in [0, 0.05) is 6.07 Å². The molecule has 0 saturated carbocycles. The van der Waals surface area contributed by atoms with Gasteiger partial charge in [-0.15, -0.1) is 0 Å². The highest BCUT2D eigenvalue weighted by Gasteiger charge is 2.18. The molecule has 0 aliphatic heterocycles. The first-order valence-corrected chi connectivity index (χ1v) is 5.50. The third-order valence-corrected chi connectivity index (χ3v) is 2.50. The van der Waals surface area contributed by atoms with Crippen molar-refractivity contribution in [3.05, 3.63) is 46.2 Å². The number of carbonyl (C=O) groups excluding carboxylic acids is 1. The quantitative estimate of drug-likeness (QED) is 0.501. The van der Waals surface area contributed by atoms with E-state index in [-0.39, 0.29) is 5.76 Å². The van der Waals surface area contributed by atoms with E-state index in [1.165, 1.54) is 19.2 Å². The number of benzene rings is 1. The summed E-state index contributed by atoms with van der Waals surface area (Å²) in [7, 11) is 1.48. The van der Waals surface area contributed by atoms with Crippen LogP contribution in [-0.4, -0.2) is 17.9 Å². The lowest BCUT2D eigenvalue weighted by Gasteiger charge is -2.08. The van der Waals surface area contributed by atoms with E-state index in [4.69, 9.17) is 14.9 Å². The molecule has 2 aromatic rings. The highest BCUT2D eigenvalue weighted by molar-refractivity contribution is 6.04. The molecule has 0 aliphatic rings. The highest BCUT2D eigenvalue weighted by Crippen LogP contribution is 2.25. The van der Waals surface area contributed by atoms with E-state index in [0.29, 0.717) is 17.1 Å². The molecule has 1 aromatic carbocycles. The molecule has 0 unspecified atom stereocenters. The summed E-state index contributed by atoms with van der Waals surface area (Å²) >= 11 is 0. The second-order valence-electron chi connectivity index (χ2n) is 3.80. The van der Waals surface area contributed by atoms with E-state index >= 15 is 0 Å². The lowest BCUT2D eigenvalue weighted by atomic mass is 10.2. The predicted octanol–water partition coefficient (Wildman–Crippen LogP) is 2.03. The summed E-state index contributed by atoms with van der Waals surface area (Å²) in [6, 6.07) is 7.06. The molecule has 8 heteroatoms. The summed E-state index contributed by atoms with van der Waals surface area (Å²) < 4.78 is 9.81. The van der Waals surface area contributed by atoms with Gasteiger partial charge in [-0.05, 0) is 18.2 Å². The summed E-state index contributed by atoms with van der Waals surface area (Å²) in [5.74, 6) is -0.814. The molecular weight excluding hydrogens is 266 g/mol. The third kappa shape index (κ3) is 2.69. The molecule has 0 saturated heterocycles. The highest BCUT2D eigenvalue weighted by atomic mass is 16.6. The molecule has 0 spiro atoms. The number of ether oxygens (including phenoxy) is 1. The Bertz CT molecular complexity index is 665. The van der Waals surface area contributed by atoms with Gasteiger partial charge in [0.15, 0.2) is 5.76 Å². The van der Waals surface area contributed by atoms with Crippen LogP contribution in [0.3, 0.4) is 0 Å². The standard InChI is InChI=1S/C12H11N3O5/c1-19-7-2-3-8(13)9(6-7)14-12(16)10-4-5-11(20-10)15(17)18/h2-6H,13H2,1H3,(H,14,16). The summed E-state index contributed by atoms with van der Waals surface area (Å²) in [5.41, 5.74) is 6.38. The minimum Gasteiger partial charge on any atom is -0.497 e. The largest absolute Gasteiger partial charge is 0.497 e. The van der Waals surface area contributed by atoms with Crippen LogP contribution in [-0.2, 0) is 0 Å². The molecule has 104 valence electrons. The Morgan fingerprint density at radius 3 is 2.75 bits per heavy atom. The van der Waals surface area contributed by atoms with E-state index in [9.17, 15) is 14.9 Å². The number of furan rings is 1. The molecular formula is C12H11N3O5. The molecule has 0 atom stereocenters. The fraction of sp³-hybridized carbons (Fsp3) is 0.0833. The Balaban J connectivity index is 2.20. The molecule has 8 nitrogen and oxygen atoms in total. The average molecular weight is 277 g/mol. The third-order valence-electron chi connectivity index (χ3n) is 2.50. The van der Waals surface area contributed by atoms with Gasteiger partial charge in [0.25, 0.3) is 5.91 Å². The Morgan fingerprint density at radius 2 is 2.15 bits per heavy atom. The molecule has 0 radical (unpaired) electrons. The molecule has 1 heterocycles. The predicted molar refractivity (Wildman–Crippen MR) is 70.7 cm³/mol. The molecule has 0 bridgehead atoms. The Hall–Kier alpha value is -3.03. The first-order chi connectivity index (χ1) is 9.51. The summed E-state index contributed by atoms with van der Waals surface area (Å²) in [6.07, 6.45) is 0. The van der Waals surface area contributed by atoms with Crippen molar-refractivity contribution in [1.82, 2.24) is 0 Å². The van der Waals surface area contributed by atoms with Crippen molar-refractivity contribution in [2.45, 2.75) is 0 Å². The number of methoxy groups -OCH3 is 1. The van der Waals surface area contributed by atoms with Crippen LogP contribution < -0.4 is 15.8 Å². The van der Waals surface area contributed by atoms with E-state index in [0.717, 1.165) is 6.07 Å². The van der Waals surface area contributed by atoms with Crippen LogP contribution in [0.1, 0.15) is 10.6 Å². The van der Waals surface area contributed by atoms with Gasteiger partial charge >= 0.3 is 5.88 Å². The Labute approximate surface area is 113 Å². The van der Waals surface area contributed by atoms with Crippen LogP contribution >= 0.6 is 0 Å². The van der Waals surface area contributed by atoms with E-state index < -0.39 is 16.7 Å². The van der Waals surface area contributed by atoms with Gasteiger partial charge in [0.2, 0.25) is 0 Å². The Morgan fingerprint density at radius 1 is 1.40 bits per heavy atom. The Kier molecular flexibility index (Phi) is 3.56. The minimum atomic E-state index is -0.726. The van der Waals surface area contributed by atoms with Gasteiger partial charge in [-0.2, -0.15) is 0 Å². The fourth-order valence-corrected chi connectivity index (χ4v) is 1.50. The number of hydrogen-bond donors (Lipinski definition) is 2. The van der Waals surface area contributed by atoms with Gasteiger partial charge in [0.1, 0.15) is 10.7 Å². The number of hydrogen-bond acceptors (Lipinski definition) is 6. The topological polar surface area (TPSA) is 121 Å². The molecule has 1 amide bonds. The number of nitrogens with zero attached hydrogens (tertiary/aromatic N) is 1. The fourth-order valence-electron chi connectivity index (χ4n) is 1.50. The first kappa shape index (κ1) is 13.4. The normalized spacial score (nSPS) is 10.1. The number of anilines is 2. The van der Waals surface area contributed by atoms with E-state index in [1.807, 2.05) is 0 Å². The van der Waals surface area contributed by atoms with Gasteiger partial charge < -0.3 is 20.2 Å². The van der Waals surface area contributed by atoms with Crippen molar-refractivity contribution in [3.8, 4) is 5.75 Å². The van der Waals surface area contributed by atoms with Crippen LogP contribution in [0.25, 0.3) is 0 Å². The number of carbonyl (C=O) groups is 1. The van der Waals surface area contributed by atoms with Crippen LogP contribution in [0, 0.1) is 10.1 Å². The van der Waals surface area contributed by atoms with Crippen molar-refractivity contribution >= 4 is 23.2 Å². The van der Waals surface area contributed by atoms with Gasteiger partial charge in [-0.3, -0.25) is 14.9 Å². The number of nitrogens with two attached hydrogens (primary N) is 1. The van der Waals surface area contributed by atoms with Gasteiger partial charge in [-0.25, -0.2) is 0 Å². The summed E-state index contributed by atoms with van der Waals surface area (Å²) in [4.78, 5) is 21.6. The van der Waals surface area contributed by atoms with Crippen molar-refractivity contribution in [2.75, 3.05) is 18.2 Å². The monoisotopic (exact) mass is 277 g/mol. The zero-order chi connectivity index (χ0) is 14.7. The van der Waals surface area contributed by atoms with Crippen LogP contribution in [0.5, 0.6) is 5.75 Å². The van der Waals surface area contributed by atoms with Crippen molar-refractivity contribution in [1.29, 1.82) is 0 Å².